The Kier molecular flexibility index (Phi) is 5.21. The largest absolute Gasteiger partial charge is 0.416 e. The number of hydrogen-bond donors (Lipinski definition) is 2. The topological polar surface area (TPSA) is 81.8 Å². The van der Waals surface area contributed by atoms with Crippen molar-refractivity contribution in [1.82, 2.24) is 10.4 Å². The van der Waals surface area contributed by atoms with Crippen molar-refractivity contribution in [2.45, 2.75) is 6.18 Å². The van der Waals surface area contributed by atoms with Crippen LogP contribution in [0.3, 0.4) is 0 Å². The number of carbonyl (C=O) groups is 3. The number of amides is 4. The molecule has 1 heterocycles. The smallest absolute Gasteiger partial charge is 0.307 e. The normalized spacial score (nSPS) is 14.8. The van der Waals surface area contributed by atoms with Gasteiger partial charge in [-0.25, -0.2) is 15.2 Å². The Morgan fingerprint density at radius 1 is 0.929 bits per heavy atom. The van der Waals surface area contributed by atoms with Crippen molar-refractivity contribution in [2.24, 2.45) is 0 Å². The van der Waals surface area contributed by atoms with E-state index in [9.17, 15) is 27.6 Å². The molecule has 0 atom stereocenters. The van der Waals surface area contributed by atoms with Gasteiger partial charge >= 0.3 is 12.2 Å². The van der Waals surface area contributed by atoms with Crippen molar-refractivity contribution in [2.75, 3.05) is 23.3 Å². The van der Waals surface area contributed by atoms with Crippen molar-refractivity contribution >= 4 is 29.2 Å². The van der Waals surface area contributed by atoms with Gasteiger partial charge in [0.25, 0.3) is 5.91 Å². The molecule has 10 heteroatoms. The van der Waals surface area contributed by atoms with Crippen molar-refractivity contribution in [3.63, 3.8) is 0 Å². The van der Waals surface area contributed by atoms with Gasteiger partial charge < -0.3 is 10.2 Å². The molecule has 1 fully saturated rings. The minimum absolute atomic E-state index is 0.0402. The Hall–Kier alpha value is -3.56. The quantitative estimate of drug-likeness (QED) is 0.843. The second-order valence-corrected chi connectivity index (χ2v) is 5.94. The minimum Gasteiger partial charge on any atom is -0.307 e. The highest BCUT2D eigenvalue weighted by Crippen LogP contribution is 2.32. The van der Waals surface area contributed by atoms with E-state index in [1.807, 2.05) is 0 Å². The van der Waals surface area contributed by atoms with Gasteiger partial charge in [0.1, 0.15) is 13.1 Å². The summed E-state index contributed by atoms with van der Waals surface area (Å²) in [5.74, 6) is -1.26. The van der Waals surface area contributed by atoms with Crippen LogP contribution in [0.25, 0.3) is 0 Å². The zero-order chi connectivity index (χ0) is 20.3. The number of nitrogens with one attached hydrogen (secondary N) is 2. The lowest BCUT2D eigenvalue weighted by molar-refractivity contribution is -0.140. The first kappa shape index (κ1) is 19.2. The van der Waals surface area contributed by atoms with Crippen molar-refractivity contribution < 1.29 is 27.6 Å². The zero-order valence-corrected chi connectivity index (χ0v) is 14.4. The Morgan fingerprint density at radius 2 is 1.64 bits per heavy atom. The van der Waals surface area contributed by atoms with Crippen LogP contribution in [0.4, 0.5) is 29.3 Å². The monoisotopic (exact) mass is 392 g/mol. The van der Waals surface area contributed by atoms with Crippen LogP contribution in [0.2, 0.25) is 0 Å². The molecule has 146 valence electrons. The van der Waals surface area contributed by atoms with Gasteiger partial charge in [-0.2, -0.15) is 13.2 Å². The van der Waals surface area contributed by atoms with Gasteiger partial charge in [-0.15, -0.1) is 0 Å². The number of alkyl halides is 3. The van der Waals surface area contributed by atoms with Crippen molar-refractivity contribution in [1.29, 1.82) is 0 Å². The summed E-state index contributed by atoms with van der Waals surface area (Å²) >= 11 is 0. The molecule has 2 N–H and O–H groups in total. The molecule has 1 saturated heterocycles. The molecule has 4 amide bonds. The average molecular weight is 392 g/mol. The maximum absolute atomic E-state index is 12.9. The number of anilines is 2. The number of carbonyl (C=O) groups excluding carboxylic acids is 3. The van der Waals surface area contributed by atoms with Crippen molar-refractivity contribution in [3.05, 3.63) is 60.2 Å². The lowest BCUT2D eigenvalue weighted by atomic mass is 10.1. The molecule has 0 unspecified atom stereocenters. The Balaban J connectivity index is 1.67. The summed E-state index contributed by atoms with van der Waals surface area (Å²) in [5, 5.41) is 3.32. The van der Waals surface area contributed by atoms with Gasteiger partial charge in [-0.05, 0) is 30.3 Å². The summed E-state index contributed by atoms with van der Waals surface area (Å²) in [5.41, 5.74) is 1.79. The number of piperazine rings is 1. The van der Waals surface area contributed by atoms with Crippen molar-refractivity contribution in [3.8, 4) is 0 Å². The van der Waals surface area contributed by atoms with E-state index >= 15 is 0 Å². The van der Waals surface area contributed by atoms with Crippen LogP contribution < -0.4 is 15.6 Å². The fourth-order valence-corrected chi connectivity index (χ4v) is 2.61. The number of hydrogen-bond acceptors (Lipinski definition) is 3. The maximum Gasteiger partial charge on any atom is 0.416 e. The SMILES string of the molecule is O=C(Nc1ccccc1)NN1CC(=O)N(c2cccc(C(F)(F)F)c2)CC1=O. The summed E-state index contributed by atoms with van der Waals surface area (Å²) in [7, 11) is 0. The van der Waals surface area contributed by atoms with E-state index in [4.69, 9.17) is 0 Å². The van der Waals surface area contributed by atoms with Crippen LogP contribution in [-0.2, 0) is 15.8 Å². The molecule has 7 nitrogen and oxygen atoms in total. The number of hydrazine groups is 1. The van der Waals surface area contributed by atoms with E-state index < -0.39 is 42.7 Å². The van der Waals surface area contributed by atoms with Crippen LogP contribution in [0, 0.1) is 0 Å². The summed E-state index contributed by atoms with van der Waals surface area (Å²) in [6.45, 7) is -0.997. The van der Waals surface area contributed by atoms with Gasteiger partial charge in [0.05, 0.1) is 5.56 Å². The van der Waals surface area contributed by atoms with E-state index in [-0.39, 0.29) is 5.69 Å². The van der Waals surface area contributed by atoms with Crippen LogP contribution in [-0.4, -0.2) is 35.9 Å². The lowest BCUT2D eigenvalue weighted by Crippen LogP contribution is -2.60. The van der Waals surface area contributed by atoms with Gasteiger partial charge in [-0.3, -0.25) is 9.59 Å². The Bertz CT molecular complexity index is 902. The molecule has 0 radical (unpaired) electrons. The van der Waals surface area contributed by atoms with E-state index in [1.165, 1.54) is 6.07 Å². The van der Waals surface area contributed by atoms with Gasteiger partial charge in [-0.1, -0.05) is 24.3 Å². The first-order valence-corrected chi connectivity index (χ1v) is 8.15. The Morgan fingerprint density at radius 3 is 2.32 bits per heavy atom. The van der Waals surface area contributed by atoms with Crippen LogP contribution in [0.15, 0.2) is 54.6 Å². The third-order valence-electron chi connectivity index (χ3n) is 3.94. The van der Waals surface area contributed by atoms with Crippen LogP contribution in [0.5, 0.6) is 0 Å². The Labute approximate surface area is 157 Å². The molecule has 28 heavy (non-hydrogen) atoms. The summed E-state index contributed by atoms with van der Waals surface area (Å²) < 4.78 is 38.6. The molecule has 1 aliphatic rings. The summed E-state index contributed by atoms with van der Waals surface area (Å²) in [6.07, 6.45) is -4.57. The molecule has 2 aromatic rings. The highest BCUT2D eigenvalue weighted by molar-refractivity contribution is 6.05. The highest BCUT2D eigenvalue weighted by atomic mass is 19.4. The van der Waals surface area contributed by atoms with E-state index in [0.717, 1.165) is 28.1 Å². The van der Waals surface area contributed by atoms with E-state index in [0.29, 0.717) is 5.69 Å². The lowest BCUT2D eigenvalue weighted by Gasteiger charge is -2.33. The number of rotatable bonds is 3. The van der Waals surface area contributed by atoms with Crippen LogP contribution in [0.1, 0.15) is 5.56 Å². The number of halogens is 3. The van der Waals surface area contributed by atoms with E-state index in [2.05, 4.69) is 10.7 Å². The molecule has 0 aromatic heterocycles. The molecular formula is C18H15F3N4O3. The molecule has 0 spiro atoms. The second-order valence-electron chi connectivity index (χ2n) is 5.94. The molecule has 3 rings (SSSR count). The van der Waals surface area contributed by atoms with E-state index in [1.54, 1.807) is 30.3 Å². The molecular weight excluding hydrogens is 377 g/mol. The van der Waals surface area contributed by atoms with Gasteiger partial charge in [0, 0.05) is 11.4 Å². The third-order valence-corrected chi connectivity index (χ3v) is 3.94. The summed E-state index contributed by atoms with van der Waals surface area (Å²) in [4.78, 5) is 37.5. The molecule has 2 aromatic carbocycles. The average Bonchev–Trinajstić information content (AvgIpc) is 2.64. The first-order valence-electron chi connectivity index (χ1n) is 8.15. The number of benzene rings is 2. The van der Waals surface area contributed by atoms with Gasteiger partial charge in [0.2, 0.25) is 5.91 Å². The second kappa shape index (κ2) is 7.59. The number of nitrogens with zero attached hydrogens (tertiary/aromatic N) is 2. The molecule has 1 aliphatic heterocycles. The van der Waals surface area contributed by atoms with Gasteiger partial charge in [0.15, 0.2) is 0 Å². The predicted molar refractivity (Wildman–Crippen MR) is 94.1 cm³/mol. The number of urea groups is 1. The predicted octanol–water partition coefficient (Wildman–Crippen LogP) is 2.62. The minimum atomic E-state index is -4.57. The zero-order valence-electron chi connectivity index (χ0n) is 14.4. The molecule has 0 bridgehead atoms. The van der Waals surface area contributed by atoms with Crippen LogP contribution >= 0.6 is 0 Å². The molecule has 0 aliphatic carbocycles. The number of para-hydroxylation sites is 1. The highest BCUT2D eigenvalue weighted by Gasteiger charge is 2.34. The summed E-state index contributed by atoms with van der Waals surface area (Å²) in [6, 6.07) is 11.9. The fourth-order valence-electron chi connectivity index (χ4n) is 2.61. The maximum atomic E-state index is 12.9. The first-order chi connectivity index (χ1) is 13.2. The standard InChI is InChI=1S/C18H15F3N4O3/c19-18(20,21)12-5-4-8-14(9-12)24-10-16(27)25(11-15(24)26)23-17(28)22-13-6-2-1-3-7-13/h1-9H,10-11H2,(H2,22,23,28). The fraction of sp³-hybridized carbons (Fsp3) is 0.167. The molecule has 0 saturated carbocycles. The third kappa shape index (κ3) is 4.40.